The molecular formula is C20H38N2O4. The van der Waals surface area contributed by atoms with E-state index in [2.05, 4.69) is 37.5 Å². The van der Waals surface area contributed by atoms with Crippen LogP contribution in [0.5, 0.6) is 0 Å². The van der Waals surface area contributed by atoms with Crippen LogP contribution in [-0.4, -0.2) is 74.2 Å². The molecule has 0 aliphatic heterocycles. The quantitative estimate of drug-likeness (QED) is 0.367. The molecule has 1 fully saturated rings. The van der Waals surface area contributed by atoms with Crippen LogP contribution >= 0.6 is 0 Å². The number of rotatable bonds is 13. The Morgan fingerprint density at radius 2 is 1.19 bits per heavy atom. The van der Waals surface area contributed by atoms with Crippen molar-refractivity contribution in [3.05, 3.63) is 0 Å². The second-order valence-corrected chi connectivity index (χ2v) is 6.91. The first kappa shape index (κ1) is 22.9. The van der Waals surface area contributed by atoms with Gasteiger partial charge in [-0.15, -0.1) is 0 Å². The summed E-state index contributed by atoms with van der Waals surface area (Å²) in [5, 5.41) is 0. The monoisotopic (exact) mass is 370 g/mol. The molecule has 0 atom stereocenters. The Morgan fingerprint density at radius 1 is 0.808 bits per heavy atom. The highest BCUT2D eigenvalue weighted by Crippen LogP contribution is 2.33. The summed E-state index contributed by atoms with van der Waals surface area (Å²) >= 11 is 0. The molecule has 26 heavy (non-hydrogen) atoms. The van der Waals surface area contributed by atoms with E-state index in [0.717, 1.165) is 51.9 Å². The Bertz CT molecular complexity index is 373. The molecule has 1 saturated carbocycles. The van der Waals surface area contributed by atoms with E-state index in [0.29, 0.717) is 26.3 Å². The molecule has 0 amide bonds. The summed E-state index contributed by atoms with van der Waals surface area (Å²) in [5.41, 5.74) is 0. The normalized spacial score (nSPS) is 15.2. The largest absolute Gasteiger partial charge is 0.464 e. The highest BCUT2D eigenvalue weighted by molar-refractivity contribution is 5.95. The van der Waals surface area contributed by atoms with Gasteiger partial charge in [-0.05, 0) is 44.9 Å². The molecule has 0 bridgehead atoms. The maximum absolute atomic E-state index is 12.6. The molecule has 0 N–H and O–H groups in total. The lowest BCUT2D eigenvalue weighted by atomic mass is 9.91. The van der Waals surface area contributed by atoms with Gasteiger partial charge in [0.2, 0.25) is 0 Å². The molecule has 0 radical (unpaired) electrons. The smallest absolute Gasteiger partial charge is 0.320 e. The Hall–Kier alpha value is -1.14. The fourth-order valence-corrected chi connectivity index (χ4v) is 3.58. The lowest BCUT2D eigenvalue weighted by molar-refractivity contribution is -0.165. The molecule has 6 nitrogen and oxygen atoms in total. The van der Waals surface area contributed by atoms with E-state index < -0.39 is 17.9 Å². The van der Waals surface area contributed by atoms with Crippen LogP contribution in [-0.2, 0) is 19.1 Å². The van der Waals surface area contributed by atoms with Gasteiger partial charge in [0.25, 0.3) is 0 Å². The Balaban J connectivity index is 2.54. The maximum Gasteiger partial charge on any atom is 0.320 e. The van der Waals surface area contributed by atoms with Crippen molar-refractivity contribution in [1.29, 1.82) is 0 Å². The van der Waals surface area contributed by atoms with Gasteiger partial charge in [-0.2, -0.15) is 0 Å². The molecule has 0 heterocycles. The van der Waals surface area contributed by atoms with Gasteiger partial charge in [-0.1, -0.05) is 40.5 Å². The molecule has 0 aromatic heterocycles. The van der Waals surface area contributed by atoms with Crippen molar-refractivity contribution in [2.45, 2.75) is 53.4 Å². The number of hydrogen-bond acceptors (Lipinski definition) is 6. The second-order valence-electron chi connectivity index (χ2n) is 6.91. The molecule has 1 aliphatic rings. The van der Waals surface area contributed by atoms with E-state index in [9.17, 15) is 9.59 Å². The molecule has 0 spiro atoms. The van der Waals surface area contributed by atoms with Crippen molar-refractivity contribution < 1.29 is 19.1 Å². The van der Waals surface area contributed by atoms with E-state index in [4.69, 9.17) is 9.47 Å². The molecule has 152 valence electrons. The van der Waals surface area contributed by atoms with Crippen molar-refractivity contribution >= 4 is 11.9 Å². The van der Waals surface area contributed by atoms with Gasteiger partial charge in [0, 0.05) is 13.1 Å². The van der Waals surface area contributed by atoms with Gasteiger partial charge < -0.3 is 19.3 Å². The number of likely N-dealkylation sites (N-methyl/N-ethyl adjacent to an activating group) is 2. The van der Waals surface area contributed by atoms with Crippen LogP contribution in [0.15, 0.2) is 0 Å². The van der Waals surface area contributed by atoms with E-state index in [1.165, 1.54) is 0 Å². The summed E-state index contributed by atoms with van der Waals surface area (Å²) < 4.78 is 10.9. The first-order valence-electron chi connectivity index (χ1n) is 10.3. The lowest BCUT2D eigenvalue weighted by Gasteiger charge is -2.23. The minimum atomic E-state index is -0.758. The zero-order chi connectivity index (χ0) is 19.4. The van der Waals surface area contributed by atoms with Gasteiger partial charge in [0.1, 0.15) is 13.2 Å². The Kier molecular flexibility index (Phi) is 11.5. The van der Waals surface area contributed by atoms with Crippen LogP contribution in [0.1, 0.15) is 53.4 Å². The highest BCUT2D eigenvalue weighted by Gasteiger charge is 2.38. The maximum atomic E-state index is 12.6. The zero-order valence-corrected chi connectivity index (χ0v) is 17.2. The lowest BCUT2D eigenvalue weighted by Crippen LogP contribution is -2.36. The van der Waals surface area contributed by atoms with Crippen LogP contribution in [0.3, 0.4) is 0 Å². The van der Waals surface area contributed by atoms with Gasteiger partial charge in [0.05, 0.1) is 0 Å². The SMILES string of the molecule is CCN(CC)CCOC(=O)C(C(=O)OCCN(CC)CC)C1CCCC1. The van der Waals surface area contributed by atoms with Crippen LogP contribution in [0, 0.1) is 11.8 Å². The van der Waals surface area contributed by atoms with E-state index in [1.54, 1.807) is 0 Å². The fraction of sp³-hybridized carbons (Fsp3) is 0.900. The highest BCUT2D eigenvalue weighted by atomic mass is 16.6. The number of carbonyl (C=O) groups excluding carboxylic acids is 2. The first-order chi connectivity index (χ1) is 12.6. The minimum Gasteiger partial charge on any atom is -0.464 e. The fourth-order valence-electron chi connectivity index (χ4n) is 3.58. The average Bonchev–Trinajstić information content (AvgIpc) is 3.16. The topological polar surface area (TPSA) is 59.1 Å². The van der Waals surface area contributed by atoms with Crippen molar-refractivity contribution in [3.8, 4) is 0 Å². The summed E-state index contributed by atoms with van der Waals surface area (Å²) in [6.07, 6.45) is 3.95. The molecule has 0 unspecified atom stereocenters. The van der Waals surface area contributed by atoms with Gasteiger partial charge >= 0.3 is 11.9 Å². The number of ether oxygens (including phenoxy) is 2. The molecule has 0 saturated heterocycles. The third-order valence-corrected chi connectivity index (χ3v) is 5.47. The van der Waals surface area contributed by atoms with E-state index in [1.807, 2.05) is 0 Å². The Labute approximate surface area is 159 Å². The summed E-state index contributed by atoms with van der Waals surface area (Å²) in [5.74, 6) is -1.50. The third kappa shape index (κ3) is 7.62. The van der Waals surface area contributed by atoms with Gasteiger partial charge in [-0.25, -0.2) is 0 Å². The van der Waals surface area contributed by atoms with Gasteiger partial charge in [-0.3, -0.25) is 9.59 Å². The summed E-state index contributed by atoms with van der Waals surface area (Å²) in [6.45, 7) is 14.1. The Morgan fingerprint density at radius 3 is 1.54 bits per heavy atom. The second kappa shape index (κ2) is 13.1. The molecule has 0 aromatic rings. The van der Waals surface area contributed by atoms with Crippen molar-refractivity contribution in [3.63, 3.8) is 0 Å². The average molecular weight is 371 g/mol. The van der Waals surface area contributed by atoms with Crippen LogP contribution in [0.2, 0.25) is 0 Å². The number of hydrogen-bond donors (Lipinski definition) is 0. The molecule has 1 rings (SSSR count). The molecule has 1 aliphatic carbocycles. The summed E-state index contributed by atoms with van der Waals surface area (Å²) in [7, 11) is 0. The predicted octanol–water partition coefficient (Wildman–Crippen LogP) is 2.56. The molecular weight excluding hydrogens is 332 g/mol. The zero-order valence-electron chi connectivity index (χ0n) is 17.2. The van der Waals surface area contributed by atoms with E-state index in [-0.39, 0.29) is 5.92 Å². The van der Waals surface area contributed by atoms with Crippen LogP contribution < -0.4 is 0 Å². The van der Waals surface area contributed by atoms with Crippen molar-refractivity contribution in [1.82, 2.24) is 9.80 Å². The predicted molar refractivity (Wildman–Crippen MR) is 103 cm³/mol. The number of esters is 2. The van der Waals surface area contributed by atoms with Crippen LogP contribution in [0.4, 0.5) is 0 Å². The van der Waals surface area contributed by atoms with Crippen molar-refractivity contribution in [2.75, 3.05) is 52.5 Å². The minimum absolute atomic E-state index is 0.0666. The van der Waals surface area contributed by atoms with Crippen LogP contribution in [0.25, 0.3) is 0 Å². The number of carbonyl (C=O) groups is 2. The van der Waals surface area contributed by atoms with Gasteiger partial charge in [0.15, 0.2) is 5.92 Å². The standard InChI is InChI=1S/C20H38N2O4/c1-5-21(6-2)13-15-25-19(23)18(17-11-9-10-12-17)20(24)26-16-14-22(7-3)8-4/h17-18H,5-16H2,1-4H3. The molecule has 0 aromatic carbocycles. The summed E-state index contributed by atoms with van der Waals surface area (Å²) in [4.78, 5) is 29.6. The first-order valence-corrected chi connectivity index (χ1v) is 10.3. The van der Waals surface area contributed by atoms with Crippen molar-refractivity contribution in [2.24, 2.45) is 11.8 Å². The third-order valence-electron chi connectivity index (χ3n) is 5.47. The number of nitrogens with zero attached hydrogens (tertiary/aromatic N) is 2. The van der Waals surface area contributed by atoms with E-state index >= 15 is 0 Å². The summed E-state index contributed by atoms with van der Waals surface area (Å²) in [6, 6.07) is 0. The molecule has 6 heteroatoms.